The Labute approximate surface area is 89.1 Å². The second-order valence-electron chi connectivity index (χ2n) is 4.48. The Morgan fingerprint density at radius 3 is 3.20 bits per heavy atom. The van der Waals surface area contributed by atoms with Crippen molar-refractivity contribution in [2.75, 3.05) is 25.0 Å². The summed E-state index contributed by atoms with van der Waals surface area (Å²) in [6.45, 7) is 2.05. The molecule has 0 bridgehead atoms. The van der Waals surface area contributed by atoms with Crippen molar-refractivity contribution < 1.29 is 4.39 Å². The molecule has 1 N–H and O–H groups in total. The average Bonchev–Trinajstić information content (AvgIpc) is 2.54. The number of rotatable bonds is 0. The number of hydrogen-bond acceptors (Lipinski definition) is 2. The summed E-state index contributed by atoms with van der Waals surface area (Å²) in [6, 6.07) is 5.72. The van der Waals surface area contributed by atoms with Gasteiger partial charge in [0.05, 0.1) is 0 Å². The first-order valence-corrected chi connectivity index (χ1v) is 5.50. The van der Waals surface area contributed by atoms with E-state index in [0.29, 0.717) is 12.0 Å². The van der Waals surface area contributed by atoms with Gasteiger partial charge in [-0.05, 0) is 36.7 Å². The first kappa shape index (κ1) is 9.16. The molecule has 2 atom stereocenters. The third-order valence-corrected chi connectivity index (χ3v) is 3.71. The van der Waals surface area contributed by atoms with Gasteiger partial charge in [0.2, 0.25) is 0 Å². The van der Waals surface area contributed by atoms with Crippen LogP contribution in [0.15, 0.2) is 18.2 Å². The number of likely N-dealkylation sites (N-methyl/N-ethyl adjacent to an activating group) is 1. The first-order valence-electron chi connectivity index (χ1n) is 5.50. The molecule has 0 radical (unpaired) electrons. The number of nitrogens with zero attached hydrogens (tertiary/aromatic N) is 1. The number of fused-ring (bicyclic) bond motifs is 3. The van der Waals surface area contributed by atoms with Crippen LogP contribution in [0.5, 0.6) is 0 Å². The van der Waals surface area contributed by atoms with Crippen LogP contribution in [0, 0.1) is 5.82 Å². The highest BCUT2D eigenvalue weighted by molar-refractivity contribution is 5.61. The molecule has 0 aromatic heterocycles. The summed E-state index contributed by atoms with van der Waals surface area (Å²) in [5.74, 6) is 0.350. The molecule has 80 valence electrons. The van der Waals surface area contributed by atoms with E-state index in [0.717, 1.165) is 19.5 Å². The van der Waals surface area contributed by atoms with Gasteiger partial charge >= 0.3 is 0 Å². The van der Waals surface area contributed by atoms with Crippen molar-refractivity contribution in [1.29, 1.82) is 0 Å². The van der Waals surface area contributed by atoms with E-state index in [9.17, 15) is 4.39 Å². The van der Waals surface area contributed by atoms with Gasteiger partial charge in [-0.3, -0.25) is 0 Å². The maximum absolute atomic E-state index is 13.2. The minimum absolute atomic E-state index is 0.117. The van der Waals surface area contributed by atoms with Crippen LogP contribution in [-0.2, 0) is 0 Å². The highest BCUT2D eigenvalue weighted by atomic mass is 19.1. The SMILES string of the molecule is CN1c2ccc(F)cc2C2CNCCC21. The Balaban J connectivity index is 2.07. The molecule has 0 aliphatic carbocycles. The summed E-state index contributed by atoms with van der Waals surface area (Å²) >= 11 is 0. The minimum atomic E-state index is -0.117. The zero-order valence-corrected chi connectivity index (χ0v) is 8.83. The molecule has 2 heterocycles. The van der Waals surface area contributed by atoms with Crippen LogP contribution in [0.1, 0.15) is 17.9 Å². The fourth-order valence-electron chi connectivity index (χ4n) is 2.95. The molecule has 2 nitrogen and oxygen atoms in total. The first-order chi connectivity index (χ1) is 7.27. The monoisotopic (exact) mass is 206 g/mol. The topological polar surface area (TPSA) is 15.3 Å². The van der Waals surface area contributed by atoms with Gasteiger partial charge in [-0.2, -0.15) is 0 Å². The van der Waals surface area contributed by atoms with Crippen LogP contribution in [0.25, 0.3) is 0 Å². The second kappa shape index (κ2) is 3.20. The van der Waals surface area contributed by atoms with Crippen LogP contribution in [0.3, 0.4) is 0 Å². The lowest BCUT2D eigenvalue weighted by atomic mass is 9.90. The summed E-state index contributed by atoms with van der Waals surface area (Å²) in [5, 5.41) is 3.39. The smallest absolute Gasteiger partial charge is 0.123 e. The van der Waals surface area contributed by atoms with Crippen LogP contribution < -0.4 is 10.2 Å². The van der Waals surface area contributed by atoms with E-state index in [1.54, 1.807) is 12.1 Å². The molecular formula is C12H15FN2. The standard InChI is InChI=1S/C12H15FN2/c1-15-11-3-2-8(13)6-9(11)10-7-14-5-4-12(10)15/h2-3,6,10,12,14H,4-5,7H2,1H3. The van der Waals surface area contributed by atoms with E-state index >= 15 is 0 Å². The number of hydrogen-bond donors (Lipinski definition) is 1. The molecule has 1 saturated heterocycles. The Hall–Kier alpha value is -1.09. The van der Waals surface area contributed by atoms with Crippen molar-refractivity contribution in [3.63, 3.8) is 0 Å². The van der Waals surface area contributed by atoms with Crippen LogP contribution in [0.2, 0.25) is 0 Å². The van der Waals surface area contributed by atoms with Crippen LogP contribution >= 0.6 is 0 Å². The Morgan fingerprint density at radius 2 is 2.33 bits per heavy atom. The van der Waals surface area contributed by atoms with Gasteiger partial charge in [-0.1, -0.05) is 0 Å². The van der Waals surface area contributed by atoms with Gasteiger partial charge < -0.3 is 10.2 Å². The highest BCUT2D eigenvalue weighted by Crippen LogP contribution is 2.42. The van der Waals surface area contributed by atoms with Gasteiger partial charge in [-0.15, -0.1) is 0 Å². The third kappa shape index (κ3) is 1.26. The van der Waals surface area contributed by atoms with Gasteiger partial charge in [-0.25, -0.2) is 4.39 Å². The van der Waals surface area contributed by atoms with E-state index in [1.807, 2.05) is 6.07 Å². The van der Waals surface area contributed by atoms with E-state index in [2.05, 4.69) is 17.3 Å². The number of anilines is 1. The van der Waals surface area contributed by atoms with E-state index < -0.39 is 0 Å². The van der Waals surface area contributed by atoms with Crippen molar-refractivity contribution >= 4 is 5.69 Å². The number of nitrogens with one attached hydrogen (secondary N) is 1. The maximum Gasteiger partial charge on any atom is 0.123 e. The van der Waals surface area contributed by atoms with Gasteiger partial charge in [0.15, 0.2) is 0 Å². The fourth-order valence-corrected chi connectivity index (χ4v) is 2.95. The second-order valence-corrected chi connectivity index (χ2v) is 4.48. The molecule has 2 aliphatic heterocycles. The van der Waals surface area contributed by atoms with Crippen molar-refractivity contribution in [1.82, 2.24) is 5.32 Å². The van der Waals surface area contributed by atoms with Gasteiger partial charge in [0, 0.05) is 31.2 Å². The van der Waals surface area contributed by atoms with E-state index in [-0.39, 0.29) is 5.82 Å². The lowest BCUT2D eigenvalue weighted by Crippen LogP contribution is -2.42. The average molecular weight is 206 g/mol. The van der Waals surface area contributed by atoms with Gasteiger partial charge in [0.1, 0.15) is 5.82 Å². The molecule has 3 heteroatoms. The molecule has 0 spiro atoms. The van der Waals surface area contributed by atoms with E-state index in [1.165, 1.54) is 11.3 Å². The molecule has 1 fully saturated rings. The largest absolute Gasteiger partial charge is 0.371 e. The molecular weight excluding hydrogens is 191 g/mol. The molecule has 1 aromatic rings. The van der Waals surface area contributed by atoms with Crippen molar-refractivity contribution in [2.24, 2.45) is 0 Å². The third-order valence-electron chi connectivity index (χ3n) is 3.71. The summed E-state index contributed by atoms with van der Waals surface area (Å²) in [4.78, 5) is 2.31. The normalized spacial score (nSPS) is 28.8. The maximum atomic E-state index is 13.2. The van der Waals surface area contributed by atoms with Gasteiger partial charge in [0.25, 0.3) is 0 Å². The summed E-state index contributed by atoms with van der Waals surface area (Å²) in [6.07, 6.45) is 1.15. The molecule has 15 heavy (non-hydrogen) atoms. The molecule has 2 aliphatic rings. The number of piperidine rings is 1. The fraction of sp³-hybridized carbons (Fsp3) is 0.500. The van der Waals surface area contributed by atoms with Crippen molar-refractivity contribution in [3.8, 4) is 0 Å². The quantitative estimate of drug-likeness (QED) is 0.695. The summed E-state index contributed by atoms with van der Waals surface area (Å²) in [7, 11) is 2.12. The zero-order chi connectivity index (χ0) is 10.4. The highest BCUT2D eigenvalue weighted by Gasteiger charge is 2.37. The zero-order valence-electron chi connectivity index (χ0n) is 8.83. The Morgan fingerprint density at radius 1 is 1.47 bits per heavy atom. The van der Waals surface area contributed by atoms with Crippen molar-refractivity contribution in [2.45, 2.75) is 18.4 Å². The van der Waals surface area contributed by atoms with Crippen LogP contribution in [0.4, 0.5) is 10.1 Å². The minimum Gasteiger partial charge on any atom is -0.371 e. The number of halogens is 1. The Kier molecular flexibility index (Phi) is 1.96. The Bertz CT molecular complexity index is 391. The lowest BCUT2D eigenvalue weighted by Gasteiger charge is -2.31. The van der Waals surface area contributed by atoms with Crippen molar-refractivity contribution in [3.05, 3.63) is 29.6 Å². The molecule has 1 aromatic carbocycles. The molecule has 0 amide bonds. The van der Waals surface area contributed by atoms with Crippen LogP contribution in [-0.4, -0.2) is 26.2 Å². The molecule has 0 saturated carbocycles. The van der Waals surface area contributed by atoms with E-state index in [4.69, 9.17) is 0 Å². The summed E-state index contributed by atoms with van der Waals surface area (Å²) < 4.78 is 13.2. The predicted octanol–water partition coefficient (Wildman–Crippen LogP) is 1.72. The molecule has 2 unspecified atom stereocenters. The lowest BCUT2D eigenvalue weighted by molar-refractivity contribution is 0.412. The predicted molar refractivity (Wildman–Crippen MR) is 58.8 cm³/mol. The molecule has 3 rings (SSSR count). The number of benzene rings is 1. The summed E-state index contributed by atoms with van der Waals surface area (Å²) in [5.41, 5.74) is 2.38.